The monoisotopic (exact) mass is 183 g/mol. The third kappa shape index (κ3) is 2.69. The van der Waals surface area contributed by atoms with Gasteiger partial charge in [0.15, 0.2) is 0 Å². The van der Waals surface area contributed by atoms with Gasteiger partial charge in [0, 0.05) is 32.1 Å². The standard InChI is InChI=1S/C10H21N3/c1-4-9(2)10(11)13-7-5-12(3)6-8-13/h9,11H,4-8H2,1-3H3. The summed E-state index contributed by atoms with van der Waals surface area (Å²) in [5.74, 6) is 1.25. The average Bonchev–Trinajstić information content (AvgIpc) is 2.17. The van der Waals surface area contributed by atoms with E-state index in [9.17, 15) is 0 Å². The molecule has 1 fully saturated rings. The number of amidine groups is 1. The SMILES string of the molecule is CCC(C)C(=N)N1CCN(C)CC1. The first-order chi connectivity index (χ1) is 6.15. The number of likely N-dealkylation sites (N-methyl/N-ethyl adjacent to an activating group) is 1. The predicted molar refractivity (Wildman–Crippen MR) is 56.3 cm³/mol. The summed E-state index contributed by atoms with van der Waals surface area (Å²) in [5, 5.41) is 7.96. The molecule has 1 atom stereocenters. The van der Waals surface area contributed by atoms with Gasteiger partial charge in [0.05, 0.1) is 5.84 Å². The van der Waals surface area contributed by atoms with E-state index in [1.54, 1.807) is 0 Å². The Morgan fingerprint density at radius 3 is 2.31 bits per heavy atom. The highest BCUT2D eigenvalue weighted by Gasteiger charge is 2.19. The van der Waals surface area contributed by atoms with E-state index >= 15 is 0 Å². The highest BCUT2D eigenvalue weighted by atomic mass is 15.3. The lowest BCUT2D eigenvalue weighted by Crippen LogP contribution is -2.48. The second-order valence-corrected chi connectivity index (χ2v) is 3.98. The van der Waals surface area contributed by atoms with E-state index in [0.29, 0.717) is 5.92 Å². The van der Waals surface area contributed by atoms with Crippen LogP contribution in [0, 0.1) is 11.3 Å². The van der Waals surface area contributed by atoms with Crippen LogP contribution in [0.15, 0.2) is 0 Å². The number of hydrogen-bond donors (Lipinski definition) is 1. The van der Waals surface area contributed by atoms with Gasteiger partial charge >= 0.3 is 0 Å². The fraction of sp³-hybridized carbons (Fsp3) is 0.900. The molecule has 76 valence electrons. The lowest BCUT2D eigenvalue weighted by molar-refractivity contribution is 0.209. The van der Waals surface area contributed by atoms with E-state index < -0.39 is 0 Å². The zero-order valence-electron chi connectivity index (χ0n) is 9.01. The second kappa shape index (κ2) is 4.61. The molecule has 1 heterocycles. The van der Waals surface area contributed by atoms with Gasteiger partial charge in [0.25, 0.3) is 0 Å². The van der Waals surface area contributed by atoms with Gasteiger partial charge in [-0.1, -0.05) is 13.8 Å². The van der Waals surface area contributed by atoms with Crippen LogP contribution in [0.25, 0.3) is 0 Å². The van der Waals surface area contributed by atoms with E-state index in [1.165, 1.54) is 0 Å². The maximum Gasteiger partial charge on any atom is 0.0987 e. The Morgan fingerprint density at radius 2 is 1.85 bits per heavy atom. The summed E-state index contributed by atoms with van der Waals surface area (Å²) in [4.78, 5) is 4.54. The molecule has 1 unspecified atom stereocenters. The molecule has 1 rings (SSSR count). The zero-order chi connectivity index (χ0) is 9.84. The van der Waals surface area contributed by atoms with Crippen LogP contribution in [0.4, 0.5) is 0 Å². The van der Waals surface area contributed by atoms with Gasteiger partial charge in [0.2, 0.25) is 0 Å². The first-order valence-corrected chi connectivity index (χ1v) is 5.17. The number of hydrogen-bond acceptors (Lipinski definition) is 2. The Balaban J connectivity index is 2.40. The van der Waals surface area contributed by atoms with Gasteiger partial charge in [0.1, 0.15) is 0 Å². The quantitative estimate of drug-likeness (QED) is 0.516. The van der Waals surface area contributed by atoms with Crippen LogP contribution in [0.5, 0.6) is 0 Å². The van der Waals surface area contributed by atoms with Gasteiger partial charge in [-0.15, -0.1) is 0 Å². The third-order valence-electron chi connectivity index (χ3n) is 2.92. The van der Waals surface area contributed by atoms with E-state index in [1.807, 2.05) is 0 Å². The molecule has 3 nitrogen and oxygen atoms in total. The van der Waals surface area contributed by atoms with Gasteiger partial charge < -0.3 is 9.80 Å². The smallest absolute Gasteiger partial charge is 0.0987 e. The van der Waals surface area contributed by atoms with Gasteiger partial charge in [-0.2, -0.15) is 0 Å². The van der Waals surface area contributed by atoms with Crippen molar-refractivity contribution in [1.29, 1.82) is 5.41 Å². The lowest BCUT2D eigenvalue weighted by Gasteiger charge is -2.35. The molecule has 0 saturated carbocycles. The summed E-state index contributed by atoms with van der Waals surface area (Å²) in [6.07, 6.45) is 1.07. The summed E-state index contributed by atoms with van der Waals surface area (Å²) < 4.78 is 0. The molecule has 13 heavy (non-hydrogen) atoms. The van der Waals surface area contributed by atoms with E-state index in [2.05, 4.69) is 30.7 Å². The molecular weight excluding hydrogens is 162 g/mol. The van der Waals surface area contributed by atoms with Crippen LogP contribution in [0.3, 0.4) is 0 Å². The molecule has 1 aliphatic rings. The Bertz CT molecular complexity index is 171. The van der Waals surface area contributed by atoms with Crippen molar-refractivity contribution < 1.29 is 0 Å². The molecule has 0 bridgehead atoms. The van der Waals surface area contributed by atoms with Crippen molar-refractivity contribution in [2.75, 3.05) is 33.2 Å². The van der Waals surface area contributed by atoms with Crippen molar-refractivity contribution in [2.24, 2.45) is 5.92 Å². The van der Waals surface area contributed by atoms with Crippen LogP contribution in [-0.4, -0.2) is 48.9 Å². The summed E-state index contributed by atoms with van der Waals surface area (Å²) in [5.41, 5.74) is 0. The molecule has 1 aliphatic heterocycles. The number of nitrogens with one attached hydrogen (secondary N) is 1. The first kappa shape index (κ1) is 10.5. The molecule has 0 spiro atoms. The fourth-order valence-corrected chi connectivity index (χ4v) is 1.55. The molecule has 1 saturated heterocycles. The number of piperazine rings is 1. The third-order valence-corrected chi connectivity index (χ3v) is 2.92. The van der Waals surface area contributed by atoms with Crippen molar-refractivity contribution in [3.05, 3.63) is 0 Å². The van der Waals surface area contributed by atoms with Gasteiger partial charge in [-0.3, -0.25) is 5.41 Å². The van der Waals surface area contributed by atoms with E-state index in [4.69, 9.17) is 5.41 Å². The molecule has 0 aromatic rings. The molecular formula is C10H21N3. The minimum Gasteiger partial charge on any atom is -0.358 e. The van der Waals surface area contributed by atoms with Crippen molar-refractivity contribution in [3.8, 4) is 0 Å². The Hall–Kier alpha value is -0.570. The minimum absolute atomic E-state index is 0.420. The normalized spacial score (nSPS) is 21.6. The molecule has 1 N–H and O–H groups in total. The largest absolute Gasteiger partial charge is 0.358 e. The van der Waals surface area contributed by atoms with Crippen molar-refractivity contribution >= 4 is 5.84 Å². The lowest BCUT2D eigenvalue weighted by atomic mass is 10.1. The highest BCUT2D eigenvalue weighted by molar-refractivity contribution is 5.81. The van der Waals surface area contributed by atoms with Crippen LogP contribution >= 0.6 is 0 Å². The van der Waals surface area contributed by atoms with E-state index in [0.717, 1.165) is 38.4 Å². The van der Waals surface area contributed by atoms with Crippen LogP contribution in [-0.2, 0) is 0 Å². The van der Waals surface area contributed by atoms with E-state index in [-0.39, 0.29) is 0 Å². The first-order valence-electron chi connectivity index (χ1n) is 5.17. The molecule has 0 radical (unpaired) electrons. The number of nitrogens with zero attached hydrogens (tertiary/aromatic N) is 2. The molecule has 0 aromatic heterocycles. The summed E-state index contributed by atoms with van der Waals surface area (Å²) in [6, 6.07) is 0. The second-order valence-electron chi connectivity index (χ2n) is 3.98. The molecule has 0 aliphatic carbocycles. The topological polar surface area (TPSA) is 30.3 Å². The maximum atomic E-state index is 7.96. The van der Waals surface area contributed by atoms with Gasteiger partial charge in [-0.05, 0) is 13.5 Å². The summed E-state index contributed by atoms with van der Waals surface area (Å²) in [7, 11) is 2.14. The molecule has 3 heteroatoms. The zero-order valence-corrected chi connectivity index (χ0v) is 9.01. The average molecular weight is 183 g/mol. The minimum atomic E-state index is 0.420. The van der Waals surface area contributed by atoms with Crippen molar-refractivity contribution in [1.82, 2.24) is 9.80 Å². The summed E-state index contributed by atoms with van der Waals surface area (Å²) >= 11 is 0. The van der Waals surface area contributed by atoms with Crippen molar-refractivity contribution in [2.45, 2.75) is 20.3 Å². The van der Waals surface area contributed by atoms with Crippen LogP contribution < -0.4 is 0 Å². The van der Waals surface area contributed by atoms with Crippen LogP contribution in [0.1, 0.15) is 20.3 Å². The maximum absolute atomic E-state index is 7.96. The molecule has 0 aromatic carbocycles. The number of rotatable bonds is 2. The summed E-state index contributed by atoms with van der Waals surface area (Å²) in [6.45, 7) is 8.53. The van der Waals surface area contributed by atoms with Crippen LogP contribution in [0.2, 0.25) is 0 Å². The Kier molecular flexibility index (Phi) is 3.72. The predicted octanol–water partition coefficient (Wildman–Crippen LogP) is 1.26. The molecule has 0 amide bonds. The Labute approximate surface area is 81.2 Å². The fourth-order valence-electron chi connectivity index (χ4n) is 1.55. The van der Waals surface area contributed by atoms with Gasteiger partial charge in [-0.25, -0.2) is 0 Å². The van der Waals surface area contributed by atoms with Crippen molar-refractivity contribution in [3.63, 3.8) is 0 Å². The Morgan fingerprint density at radius 1 is 1.31 bits per heavy atom. The highest BCUT2D eigenvalue weighted by Crippen LogP contribution is 2.09.